The summed E-state index contributed by atoms with van der Waals surface area (Å²) in [6.07, 6.45) is 1.54. The Morgan fingerprint density at radius 3 is 2.65 bits per heavy atom. The molecule has 1 N–H and O–H groups in total. The van der Waals surface area contributed by atoms with Gasteiger partial charge in [0.05, 0.1) is 0 Å². The van der Waals surface area contributed by atoms with E-state index < -0.39 is 0 Å². The topological polar surface area (TPSA) is 66.5 Å². The van der Waals surface area contributed by atoms with Gasteiger partial charge in [-0.15, -0.1) is 0 Å². The van der Waals surface area contributed by atoms with E-state index in [0.717, 1.165) is 30.3 Å². The molecule has 0 aliphatic rings. The Hall–Kier alpha value is -2.44. The maximum absolute atomic E-state index is 13.0. The molecule has 0 radical (unpaired) electrons. The molecule has 2 aromatic rings. The Morgan fingerprint density at radius 1 is 1.31 bits per heavy atom. The monoisotopic (exact) mass is 361 g/mol. The molecular weight excluding hydrogens is 333 g/mol. The lowest BCUT2D eigenvalue weighted by Gasteiger charge is -2.22. The first-order valence-corrected chi connectivity index (χ1v) is 9.06. The minimum Gasteiger partial charge on any atom is -0.357 e. The Bertz CT molecular complexity index is 696. The van der Waals surface area contributed by atoms with Crippen LogP contribution in [0.4, 0.5) is 4.39 Å². The molecular formula is C19H28FN5O. The first-order chi connectivity index (χ1) is 12.5. The molecule has 6 nitrogen and oxygen atoms in total. The first kappa shape index (κ1) is 19.9. The van der Waals surface area contributed by atoms with Crippen LogP contribution in [0.1, 0.15) is 50.4 Å². The zero-order chi connectivity index (χ0) is 18.9. The summed E-state index contributed by atoms with van der Waals surface area (Å²) < 4.78 is 18.3. The minimum absolute atomic E-state index is 0.223. The van der Waals surface area contributed by atoms with Crippen molar-refractivity contribution in [2.45, 2.75) is 46.1 Å². The smallest absolute Gasteiger partial charge is 0.226 e. The summed E-state index contributed by atoms with van der Waals surface area (Å²) in [4.78, 5) is 11.1. The third-order valence-electron chi connectivity index (χ3n) is 3.84. The number of rotatable bonds is 8. The second-order valence-corrected chi connectivity index (χ2v) is 6.52. The number of aryl methyl sites for hydroxylation is 1. The molecule has 26 heavy (non-hydrogen) atoms. The fourth-order valence-corrected chi connectivity index (χ4v) is 2.43. The largest absolute Gasteiger partial charge is 0.357 e. The Balaban J connectivity index is 1.87. The van der Waals surface area contributed by atoms with Crippen molar-refractivity contribution in [2.75, 3.05) is 20.1 Å². The summed E-state index contributed by atoms with van der Waals surface area (Å²) in [5.74, 6) is 2.28. The number of guanidine groups is 1. The summed E-state index contributed by atoms with van der Waals surface area (Å²) >= 11 is 0. The molecule has 1 heterocycles. The molecule has 2 rings (SSSR count). The molecule has 0 amide bonds. The zero-order valence-electron chi connectivity index (χ0n) is 16.0. The SMILES string of the molecule is CCNC(=NCCCc1nc(C(C)C)no1)N(C)Cc1ccc(F)cc1. The number of hydrogen-bond acceptors (Lipinski definition) is 4. The van der Waals surface area contributed by atoms with Crippen LogP contribution in [-0.2, 0) is 13.0 Å². The van der Waals surface area contributed by atoms with E-state index in [0.29, 0.717) is 25.4 Å². The highest BCUT2D eigenvalue weighted by molar-refractivity contribution is 5.79. The van der Waals surface area contributed by atoms with E-state index in [9.17, 15) is 4.39 Å². The predicted molar refractivity (Wildman–Crippen MR) is 101 cm³/mol. The summed E-state index contributed by atoms with van der Waals surface area (Å²) in [5, 5.41) is 7.25. The molecule has 0 aliphatic heterocycles. The normalized spacial score (nSPS) is 11.8. The molecule has 1 aromatic heterocycles. The van der Waals surface area contributed by atoms with Crippen molar-refractivity contribution in [1.29, 1.82) is 0 Å². The van der Waals surface area contributed by atoms with Gasteiger partial charge in [-0.3, -0.25) is 4.99 Å². The lowest BCUT2D eigenvalue weighted by atomic mass is 10.2. The molecule has 0 saturated heterocycles. The van der Waals surface area contributed by atoms with Crippen LogP contribution in [0.3, 0.4) is 0 Å². The third kappa shape index (κ3) is 6.13. The molecule has 0 aliphatic carbocycles. The van der Waals surface area contributed by atoms with Crippen molar-refractivity contribution in [3.05, 3.63) is 47.4 Å². The number of hydrogen-bond donors (Lipinski definition) is 1. The fourth-order valence-electron chi connectivity index (χ4n) is 2.43. The van der Waals surface area contributed by atoms with Gasteiger partial charge in [0.25, 0.3) is 0 Å². The summed E-state index contributed by atoms with van der Waals surface area (Å²) in [6, 6.07) is 6.53. The number of aliphatic imine (C=N–C) groups is 1. The summed E-state index contributed by atoms with van der Waals surface area (Å²) in [5.41, 5.74) is 1.03. The average Bonchev–Trinajstić information content (AvgIpc) is 3.09. The van der Waals surface area contributed by atoms with Crippen LogP contribution in [0.15, 0.2) is 33.8 Å². The van der Waals surface area contributed by atoms with E-state index in [-0.39, 0.29) is 11.7 Å². The van der Waals surface area contributed by atoms with Crippen molar-refractivity contribution < 1.29 is 8.91 Å². The van der Waals surface area contributed by atoms with Crippen molar-refractivity contribution in [2.24, 2.45) is 4.99 Å². The number of halogens is 1. The van der Waals surface area contributed by atoms with Crippen LogP contribution in [0.5, 0.6) is 0 Å². The van der Waals surface area contributed by atoms with Crippen LogP contribution in [-0.4, -0.2) is 41.1 Å². The first-order valence-electron chi connectivity index (χ1n) is 9.06. The molecule has 0 atom stereocenters. The molecule has 0 spiro atoms. The van der Waals surface area contributed by atoms with Gasteiger partial charge in [0, 0.05) is 39.0 Å². The Kier molecular flexibility index (Phi) is 7.56. The molecule has 0 bridgehead atoms. The summed E-state index contributed by atoms with van der Waals surface area (Å²) in [7, 11) is 1.97. The molecule has 142 valence electrons. The van der Waals surface area contributed by atoms with E-state index in [1.54, 1.807) is 12.1 Å². The van der Waals surface area contributed by atoms with Gasteiger partial charge in [0.1, 0.15) is 5.82 Å². The molecule has 0 unspecified atom stereocenters. The fraction of sp³-hybridized carbons (Fsp3) is 0.526. The van der Waals surface area contributed by atoms with Crippen molar-refractivity contribution in [3.8, 4) is 0 Å². The summed E-state index contributed by atoms with van der Waals surface area (Å²) in [6.45, 7) is 8.22. The van der Waals surface area contributed by atoms with Gasteiger partial charge >= 0.3 is 0 Å². The highest BCUT2D eigenvalue weighted by Crippen LogP contribution is 2.11. The van der Waals surface area contributed by atoms with Gasteiger partial charge in [0.15, 0.2) is 11.8 Å². The van der Waals surface area contributed by atoms with Crippen LogP contribution < -0.4 is 5.32 Å². The Labute approximate surface area is 154 Å². The van der Waals surface area contributed by atoms with Gasteiger partial charge in [-0.25, -0.2) is 4.39 Å². The van der Waals surface area contributed by atoms with Crippen LogP contribution in [0.25, 0.3) is 0 Å². The van der Waals surface area contributed by atoms with Gasteiger partial charge < -0.3 is 14.7 Å². The van der Waals surface area contributed by atoms with Crippen LogP contribution in [0, 0.1) is 5.82 Å². The van der Waals surface area contributed by atoms with Crippen molar-refractivity contribution in [3.63, 3.8) is 0 Å². The van der Waals surface area contributed by atoms with E-state index in [1.165, 1.54) is 12.1 Å². The molecule has 1 aromatic carbocycles. The van der Waals surface area contributed by atoms with E-state index in [2.05, 4.69) is 20.4 Å². The van der Waals surface area contributed by atoms with E-state index >= 15 is 0 Å². The number of benzene rings is 1. The van der Waals surface area contributed by atoms with E-state index in [4.69, 9.17) is 4.52 Å². The minimum atomic E-state index is -0.223. The molecule has 0 saturated carbocycles. The van der Waals surface area contributed by atoms with Crippen LogP contribution in [0.2, 0.25) is 0 Å². The van der Waals surface area contributed by atoms with Gasteiger partial charge in [-0.1, -0.05) is 31.1 Å². The zero-order valence-corrected chi connectivity index (χ0v) is 16.0. The van der Waals surface area contributed by atoms with Gasteiger partial charge in [-0.05, 0) is 31.0 Å². The Morgan fingerprint density at radius 2 is 2.04 bits per heavy atom. The molecule has 7 heteroatoms. The number of nitrogens with one attached hydrogen (secondary N) is 1. The maximum atomic E-state index is 13.0. The third-order valence-corrected chi connectivity index (χ3v) is 3.84. The quantitative estimate of drug-likeness (QED) is 0.444. The lowest BCUT2D eigenvalue weighted by molar-refractivity contribution is 0.369. The highest BCUT2D eigenvalue weighted by Gasteiger charge is 2.10. The van der Waals surface area contributed by atoms with Crippen molar-refractivity contribution in [1.82, 2.24) is 20.4 Å². The van der Waals surface area contributed by atoms with E-state index in [1.807, 2.05) is 32.7 Å². The van der Waals surface area contributed by atoms with Crippen LogP contribution >= 0.6 is 0 Å². The number of nitrogens with zero attached hydrogens (tertiary/aromatic N) is 4. The highest BCUT2D eigenvalue weighted by atomic mass is 19.1. The predicted octanol–water partition coefficient (Wildman–Crippen LogP) is 3.36. The standard InChI is InChI=1S/C19H28FN5O/c1-5-21-19(25(4)13-15-8-10-16(20)11-9-15)22-12-6-7-17-23-18(14(2)3)24-26-17/h8-11,14H,5-7,12-13H2,1-4H3,(H,21,22). The van der Waals surface area contributed by atoms with Crippen molar-refractivity contribution >= 4 is 5.96 Å². The van der Waals surface area contributed by atoms with Gasteiger partial charge in [-0.2, -0.15) is 4.98 Å². The second-order valence-electron chi connectivity index (χ2n) is 6.52. The van der Waals surface area contributed by atoms with Gasteiger partial charge in [0.2, 0.25) is 5.89 Å². The number of aromatic nitrogens is 2. The second kappa shape index (κ2) is 9.89. The molecule has 0 fully saturated rings. The average molecular weight is 361 g/mol. The maximum Gasteiger partial charge on any atom is 0.226 e. The lowest BCUT2D eigenvalue weighted by Crippen LogP contribution is -2.38.